The Bertz CT molecular complexity index is 1350. The monoisotopic (exact) mass is 544 g/mol. The molecule has 0 aliphatic carbocycles. The van der Waals surface area contributed by atoms with E-state index in [0.29, 0.717) is 23.1 Å². The number of ether oxygens (including phenoxy) is 1. The van der Waals surface area contributed by atoms with Crippen molar-refractivity contribution in [3.8, 4) is 5.75 Å². The van der Waals surface area contributed by atoms with Crippen LogP contribution in [0, 0.1) is 0 Å². The van der Waals surface area contributed by atoms with E-state index < -0.39 is 17.8 Å². The molecular formula is C28H21Cl2F3N2O2. The number of rotatable bonds is 7. The number of amides is 2. The Balaban J connectivity index is 1.54. The molecule has 4 rings (SSSR count). The molecule has 4 aromatic carbocycles. The maximum atomic E-state index is 13.2. The number of alkyl halides is 3. The lowest BCUT2D eigenvalue weighted by atomic mass is 10.1. The number of hydrogen-bond acceptors (Lipinski definition) is 2. The molecule has 0 saturated carbocycles. The summed E-state index contributed by atoms with van der Waals surface area (Å²) in [7, 11) is 0. The van der Waals surface area contributed by atoms with Crippen LogP contribution in [0.25, 0.3) is 0 Å². The largest absolute Gasteiger partial charge is 0.489 e. The van der Waals surface area contributed by atoms with Crippen LogP contribution in [0.3, 0.4) is 0 Å². The van der Waals surface area contributed by atoms with Gasteiger partial charge < -0.3 is 10.1 Å². The average molecular weight is 545 g/mol. The maximum absolute atomic E-state index is 13.2. The van der Waals surface area contributed by atoms with Gasteiger partial charge in [0.1, 0.15) is 12.4 Å². The van der Waals surface area contributed by atoms with Gasteiger partial charge in [-0.25, -0.2) is 4.79 Å². The molecule has 0 radical (unpaired) electrons. The maximum Gasteiger partial charge on any atom is 0.416 e. The third-order valence-electron chi connectivity index (χ3n) is 5.44. The number of carbonyl (C=O) groups excluding carboxylic acids is 1. The second-order valence-corrected chi connectivity index (χ2v) is 8.95. The third-order valence-corrected chi connectivity index (χ3v) is 5.98. The van der Waals surface area contributed by atoms with E-state index in [2.05, 4.69) is 5.32 Å². The average Bonchev–Trinajstić information content (AvgIpc) is 2.88. The van der Waals surface area contributed by atoms with Gasteiger partial charge in [-0.1, -0.05) is 65.7 Å². The Morgan fingerprint density at radius 1 is 0.838 bits per heavy atom. The topological polar surface area (TPSA) is 41.6 Å². The molecule has 0 unspecified atom stereocenters. The van der Waals surface area contributed by atoms with Gasteiger partial charge in [0.25, 0.3) is 0 Å². The van der Waals surface area contributed by atoms with E-state index in [-0.39, 0.29) is 17.3 Å². The van der Waals surface area contributed by atoms with Crippen LogP contribution in [0.15, 0.2) is 97.1 Å². The highest BCUT2D eigenvalue weighted by Gasteiger charge is 2.30. The van der Waals surface area contributed by atoms with Crippen molar-refractivity contribution in [1.29, 1.82) is 0 Å². The lowest BCUT2D eigenvalue weighted by molar-refractivity contribution is -0.137. The van der Waals surface area contributed by atoms with Gasteiger partial charge in [0.15, 0.2) is 0 Å². The van der Waals surface area contributed by atoms with Crippen molar-refractivity contribution in [3.63, 3.8) is 0 Å². The van der Waals surface area contributed by atoms with Crippen molar-refractivity contribution in [2.75, 3.05) is 10.2 Å². The van der Waals surface area contributed by atoms with Crippen molar-refractivity contribution in [1.82, 2.24) is 0 Å². The fraction of sp³-hybridized carbons (Fsp3) is 0.107. The van der Waals surface area contributed by atoms with Crippen LogP contribution in [-0.4, -0.2) is 6.03 Å². The lowest BCUT2D eigenvalue weighted by Gasteiger charge is -2.24. The fourth-order valence-electron chi connectivity index (χ4n) is 3.50. The molecule has 0 spiro atoms. The van der Waals surface area contributed by atoms with Crippen LogP contribution in [0.2, 0.25) is 10.0 Å². The predicted octanol–water partition coefficient (Wildman–Crippen LogP) is 8.83. The SMILES string of the molecule is O=C(Nc1ccc(Cl)cc1Cl)N(Cc1ccc(OCc2ccccc2)cc1)c1ccc(C(F)(F)F)cc1. The first kappa shape index (κ1) is 26.4. The number of nitrogens with zero attached hydrogens (tertiary/aromatic N) is 1. The van der Waals surface area contributed by atoms with Crippen LogP contribution < -0.4 is 15.0 Å². The summed E-state index contributed by atoms with van der Waals surface area (Å²) >= 11 is 12.1. The highest BCUT2D eigenvalue weighted by atomic mass is 35.5. The van der Waals surface area contributed by atoms with E-state index in [9.17, 15) is 18.0 Å². The summed E-state index contributed by atoms with van der Waals surface area (Å²) in [4.78, 5) is 14.6. The summed E-state index contributed by atoms with van der Waals surface area (Å²) in [6, 6.07) is 25.2. The summed E-state index contributed by atoms with van der Waals surface area (Å²) in [6.07, 6.45) is -4.49. The Morgan fingerprint density at radius 3 is 2.14 bits per heavy atom. The van der Waals surface area contributed by atoms with E-state index >= 15 is 0 Å². The summed E-state index contributed by atoms with van der Waals surface area (Å²) < 4.78 is 45.0. The van der Waals surface area contributed by atoms with Crippen molar-refractivity contribution in [2.45, 2.75) is 19.3 Å². The number of benzene rings is 4. The number of urea groups is 1. The second-order valence-electron chi connectivity index (χ2n) is 8.10. The zero-order valence-electron chi connectivity index (χ0n) is 19.3. The number of carbonyl (C=O) groups is 1. The molecule has 0 saturated heterocycles. The smallest absolute Gasteiger partial charge is 0.416 e. The predicted molar refractivity (Wildman–Crippen MR) is 140 cm³/mol. The number of anilines is 2. The van der Waals surface area contributed by atoms with Gasteiger partial charge in [-0.2, -0.15) is 13.2 Å². The number of hydrogen-bond donors (Lipinski definition) is 1. The van der Waals surface area contributed by atoms with E-state index in [4.69, 9.17) is 27.9 Å². The molecule has 37 heavy (non-hydrogen) atoms. The van der Waals surface area contributed by atoms with E-state index in [1.54, 1.807) is 36.4 Å². The zero-order chi connectivity index (χ0) is 26.4. The van der Waals surface area contributed by atoms with Crippen molar-refractivity contribution in [2.24, 2.45) is 0 Å². The van der Waals surface area contributed by atoms with Crippen LogP contribution in [-0.2, 0) is 19.3 Å². The molecule has 4 aromatic rings. The number of halogens is 5. The molecule has 4 nitrogen and oxygen atoms in total. The van der Waals surface area contributed by atoms with Crippen LogP contribution >= 0.6 is 23.2 Å². The minimum atomic E-state index is -4.49. The van der Waals surface area contributed by atoms with Gasteiger partial charge in [0, 0.05) is 10.7 Å². The second kappa shape index (κ2) is 11.6. The first-order valence-electron chi connectivity index (χ1n) is 11.2. The first-order chi connectivity index (χ1) is 17.7. The minimum absolute atomic E-state index is 0.0847. The normalized spacial score (nSPS) is 11.2. The van der Waals surface area contributed by atoms with Crippen molar-refractivity contribution in [3.05, 3.63) is 124 Å². The molecule has 0 atom stereocenters. The summed E-state index contributed by atoms with van der Waals surface area (Å²) in [5.74, 6) is 0.645. The van der Waals surface area contributed by atoms with Gasteiger partial charge in [0.2, 0.25) is 0 Å². The highest BCUT2D eigenvalue weighted by Crippen LogP contribution is 2.32. The van der Waals surface area contributed by atoms with Gasteiger partial charge in [0.05, 0.1) is 22.8 Å². The Labute approximate surface area is 222 Å². The standard InChI is InChI=1S/C28H21Cl2F3N2O2/c29-22-10-15-26(25(30)16-22)34-27(36)35(23-11-8-21(9-12-23)28(31,32)33)17-19-6-13-24(14-7-19)37-18-20-4-2-1-3-5-20/h1-16H,17-18H2,(H,34,36). The Morgan fingerprint density at radius 2 is 1.51 bits per heavy atom. The fourth-order valence-corrected chi connectivity index (χ4v) is 3.95. The molecule has 0 aromatic heterocycles. The molecule has 1 N–H and O–H groups in total. The van der Waals surface area contributed by atoms with Crippen LogP contribution in [0.5, 0.6) is 5.75 Å². The zero-order valence-corrected chi connectivity index (χ0v) is 20.8. The van der Waals surface area contributed by atoms with Crippen molar-refractivity contribution < 1.29 is 22.7 Å². The summed E-state index contributed by atoms with van der Waals surface area (Å²) in [5, 5.41) is 3.33. The molecule has 190 valence electrons. The first-order valence-corrected chi connectivity index (χ1v) is 11.9. The van der Waals surface area contributed by atoms with Gasteiger partial charge in [-0.15, -0.1) is 0 Å². The van der Waals surface area contributed by atoms with Crippen molar-refractivity contribution >= 4 is 40.6 Å². The highest BCUT2D eigenvalue weighted by molar-refractivity contribution is 6.36. The van der Waals surface area contributed by atoms with E-state index in [0.717, 1.165) is 23.3 Å². The van der Waals surface area contributed by atoms with Gasteiger partial charge in [-0.3, -0.25) is 4.90 Å². The molecule has 0 heterocycles. The van der Waals surface area contributed by atoms with E-state index in [1.165, 1.54) is 23.1 Å². The molecular weight excluding hydrogens is 524 g/mol. The lowest BCUT2D eigenvalue weighted by Crippen LogP contribution is -2.34. The molecule has 0 aliphatic rings. The van der Waals surface area contributed by atoms with Crippen LogP contribution in [0.4, 0.5) is 29.3 Å². The Hall–Kier alpha value is -3.68. The summed E-state index contributed by atoms with van der Waals surface area (Å²) in [6.45, 7) is 0.490. The van der Waals surface area contributed by atoms with Gasteiger partial charge in [-0.05, 0) is 65.7 Å². The molecule has 0 bridgehead atoms. The minimum Gasteiger partial charge on any atom is -0.489 e. The molecule has 0 aliphatic heterocycles. The molecule has 2 amide bonds. The Kier molecular flexibility index (Phi) is 8.26. The van der Waals surface area contributed by atoms with Crippen LogP contribution in [0.1, 0.15) is 16.7 Å². The quantitative estimate of drug-likeness (QED) is 0.252. The third kappa shape index (κ3) is 7.18. The molecule has 0 fully saturated rings. The van der Waals surface area contributed by atoms with Gasteiger partial charge >= 0.3 is 12.2 Å². The number of nitrogens with one attached hydrogen (secondary N) is 1. The summed E-state index contributed by atoms with van der Waals surface area (Å²) in [5.41, 5.74) is 1.55. The molecule has 9 heteroatoms. The van der Waals surface area contributed by atoms with E-state index in [1.807, 2.05) is 30.3 Å².